The average molecular weight is 242 g/mol. The molecule has 1 fully saturated rings. The van der Waals surface area contributed by atoms with Gasteiger partial charge in [0.1, 0.15) is 0 Å². The van der Waals surface area contributed by atoms with Gasteiger partial charge in [-0.3, -0.25) is 4.79 Å². The fourth-order valence-electron chi connectivity index (χ4n) is 2.30. The Bertz CT molecular complexity index is 225. The van der Waals surface area contributed by atoms with E-state index in [1.54, 1.807) is 0 Å². The molecular formula is C13H26N2O2. The van der Waals surface area contributed by atoms with Crippen LogP contribution in [0, 0.1) is 11.8 Å². The smallest absolute Gasteiger partial charge is 0.220 e. The molecule has 100 valence electrons. The van der Waals surface area contributed by atoms with Crippen LogP contribution in [0.5, 0.6) is 0 Å². The van der Waals surface area contributed by atoms with Crippen molar-refractivity contribution in [1.29, 1.82) is 0 Å². The maximum atomic E-state index is 11.7. The number of hydrogen-bond acceptors (Lipinski definition) is 3. The van der Waals surface area contributed by atoms with Crippen LogP contribution in [0.3, 0.4) is 0 Å². The SMILES string of the molecule is CC(C)C[C@H](CN)CC(=O)NCC1CCCO1. The number of ether oxygens (including phenoxy) is 1. The minimum Gasteiger partial charge on any atom is -0.376 e. The number of nitrogens with one attached hydrogen (secondary N) is 1. The molecule has 4 heteroatoms. The van der Waals surface area contributed by atoms with Gasteiger partial charge in [0.05, 0.1) is 6.10 Å². The van der Waals surface area contributed by atoms with Crippen LogP contribution in [-0.2, 0) is 9.53 Å². The maximum Gasteiger partial charge on any atom is 0.220 e. The Morgan fingerprint density at radius 3 is 2.82 bits per heavy atom. The summed E-state index contributed by atoms with van der Waals surface area (Å²) in [6.07, 6.45) is 3.96. The Labute approximate surface area is 104 Å². The van der Waals surface area contributed by atoms with Gasteiger partial charge in [-0.2, -0.15) is 0 Å². The fraction of sp³-hybridized carbons (Fsp3) is 0.923. The zero-order valence-corrected chi connectivity index (χ0v) is 11.1. The predicted molar refractivity (Wildman–Crippen MR) is 68.6 cm³/mol. The minimum atomic E-state index is 0.108. The third-order valence-corrected chi connectivity index (χ3v) is 3.16. The molecule has 4 nitrogen and oxygen atoms in total. The quantitative estimate of drug-likeness (QED) is 0.707. The molecule has 1 aliphatic rings. The van der Waals surface area contributed by atoms with E-state index in [0.29, 0.717) is 31.3 Å². The number of hydrogen-bond donors (Lipinski definition) is 2. The topological polar surface area (TPSA) is 64.4 Å². The molecule has 1 rings (SSSR count). The van der Waals surface area contributed by atoms with Gasteiger partial charge in [0.25, 0.3) is 0 Å². The van der Waals surface area contributed by atoms with Crippen LogP contribution < -0.4 is 11.1 Å². The lowest BCUT2D eigenvalue weighted by molar-refractivity contribution is -0.122. The van der Waals surface area contributed by atoms with Gasteiger partial charge in [-0.15, -0.1) is 0 Å². The highest BCUT2D eigenvalue weighted by atomic mass is 16.5. The molecule has 0 aromatic carbocycles. The third kappa shape index (κ3) is 6.03. The first-order valence-corrected chi connectivity index (χ1v) is 6.70. The zero-order valence-electron chi connectivity index (χ0n) is 11.1. The standard InChI is InChI=1S/C13H26N2O2/c1-10(2)6-11(8-14)7-13(16)15-9-12-4-3-5-17-12/h10-12H,3-9,14H2,1-2H3,(H,15,16)/t11-,12?/m0/s1. The lowest BCUT2D eigenvalue weighted by atomic mass is 9.94. The second-order valence-corrected chi connectivity index (χ2v) is 5.37. The Morgan fingerprint density at radius 1 is 1.53 bits per heavy atom. The summed E-state index contributed by atoms with van der Waals surface area (Å²) in [7, 11) is 0. The van der Waals surface area contributed by atoms with E-state index in [0.717, 1.165) is 25.9 Å². The van der Waals surface area contributed by atoms with E-state index in [2.05, 4.69) is 19.2 Å². The van der Waals surface area contributed by atoms with Crippen LogP contribution in [0.15, 0.2) is 0 Å². The monoisotopic (exact) mass is 242 g/mol. The van der Waals surface area contributed by atoms with E-state index in [4.69, 9.17) is 10.5 Å². The Hall–Kier alpha value is -0.610. The summed E-state index contributed by atoms with van der Waals surface area (Å²) in [5, 5.41) is 2.94. The van der Waals surface area contributed by atoms with E-state index in [-0.39, 0.29) is 12.0 Å². The van der Waals surface area contributed by atoms with Gasteiger partial charge in [0, 0.05) is 19.6 Å². The fourth-order valence-corrected chi connectivity index (χ4v) is 2.30. The average Bonchev–Trinajstić information content (AvgIpc) is 2.77. The molecule has 0 aromatic heterocycles. The molecule has 17 heavy (non-hydrogen) atoms. The number of nitrogens with two attached hydrogens (primary N) is 1. The van der Waals surface area contributed by atoms with Crippen molar-refractivity contribution < 1.29 is 9.53 Å². The van der Waals surface area contributed by atoms with E-state index in [1.807, 2.05) is 0 Å². The van der Waals surface area contributed by atoms with Gasteiger partial charge in [0.15, 0.2) is 0 Å². The molecule has 0 aromatic rings. The van der Waals surface area contributed by atoms with Crippen LogP contribution in [0.1, 0.15) is 39.5 Å². The van der Waals surface area contributed by atoms with Crippen molar-refractivity contribution in [1.82, 2.24) is 5.32 Å². The molecule has 1 saturated heterocycles. The summed E-state index contributed by atoms with van der Waals surface area (Å²) >= 11 is 0. The molecule has 0 bridgehead atoms. The molecule has 1 heterocycles. The van der Waals surface area contributed by atoms with Crippen LogP contribution in [0.2, 0.25) is 0 Å². The molecule has 2 atom stereocenters. The lowest BCUT2D eigenvalue weighted by Gasteiger charge is -2.17. The second-order valence-electron chi connectivity index (χ2n) is 5.37. The van der Waals surface area contributed by atoms with Crippen LogP contribution >= 0.6 is 0 Å². The van der Waals surface area contributed by atoms with Gasteiger partial charge >= 0.3 is 0 Å². The van der Waals surface area contributed by atoms with Gasteiger partial charge in [-0.1, -0.05) is 13.8 Å². The van der Waals surface area contributed by atoms with Crippen molar-refractivity contribution in [2.75, 3.05) is 19.7 Å². The Morgan fingerprint density at radius 2 is 2.29 bits per heavy atom. The van der Waals surface area contributed by atoms with Crippen molar-refractivity contribution in [3.05, 3.63) is 0 Å². The van der Waals surface area contributed by atoms with Gasteiger partial charge < -0.3 is 15.8 Å². The molecule has 1 aliphatic heterocycles. The minimum absolute atomic E-state index is 0.108. The summed E-state index contributed by atoms with van der Waals surface area (Å²) in [4.78, 5) is 11.7. The molecule has 0 spiro atoms. The summed E-state index contributed by atoms with van der Waals surface area (Å²) in [6.45, 7) is 6.39. The van der Waals surface area contributed by atoms with Gasteiger partial charge in [-0.05, 0) is 37.6 Å². The van der Waals surface area contributed by atoms with E-state index < -0.39 is 0 Å². The highest BCUT2D eigenvalue weighted by molar-refractivity contribution is 5.76. The van der Waals surface area contributed by atoms with E-state index >= 15 is 0 Å². The summed E-state index contributed by atoms with van der Waals surface area (Å²) in [5.41, 5.74) is 5.68. The highest BCUT2D eigenvalue weighted by Crippen LogP contribution is 2.14. The molecule has 1 unspecified atom stereocenters. The third-order valence-electron chi connectivity index (χ3n) is 3.16. The summed E-state index contributed by atoms with van der Waals surface area (Å²) < 4.78 is 5.46. The number of amides is 1. The van der Waals surface area contributed by atoms with Crippen molar-refractivity contribution in [2.45, 2.75) is 45.6 Å². The molecular weight excluding hydrogens is 216 g/mol. The number of carbonyl (C=O) groups excluding carboxylic acids is 1. The van der Waals surface area contributed by atoms with Gasteiger partial charge in [-0.25, -0.2) is 0 Å². The van der Waals surface area contributed by atoms with Crippen molar-refractivity contribution in [3.8, 4) is 0 Å². The van der Waals surface area contributed by atoms with Crippen molar-refractivity contribution in [2.24, 2.45) is 17.6 Å². The van der Waals surface area contributed by atoms with E-state index in [1.165, 1.54) is 0 Å². The number of carbonyl (C=O) groups is 1. The lowest BCUT2D eigenvalue weighted by Crippen LogP contribution is -2.34. The Kier molecular flexibility index (Phi) is 6.52. The molecule has 0 aliphatic carbocycles. The summed E-state index contributed by atoms with van der Waals surface area (Å²) in [6, 6.07) is 0. The van der Waals surface area contributed by atoms with Gasteiger partial charge in [0.2, 0.25) is 5.91 Å². The second kappa shape index (κ2) is 7.67. The van der Waals surface area contributed by atoms with E-state index in [9.17, 15) is 4.79 Å². The van der Waals surface area contributed by atoms with Crippen LogP contribution in [0.25, 0.3) is 0 Å². The summed E-state index contributed by atoms with van der Waals surface area (Å²) in [5.74, 6) is 1.01. The first kappa shape index (κ1) is 14.5. The predicted octanol–water partition coefficient (Wildman–Crippen LogP) is 1.29. The normalized spacial score (nSPS) is 21.8. The molecule has 0 saturated carbocycles. The van der Waals surface area contributed by atoms with Crippen LogP contribution in [0.4, 0.5) is 0 Å². The highest BCUT2D eigenvalue weighted by Gasteiger charge is 2.18. The first-order chi connectivity index (χ1) is 8.11. The van der Waals surface area contributed by atoms with Crippen molar-refractivity contribution in [3.63, 3.8) is 0 Å². The number of rotatable bonds is 7. The van der Waals surface area contributed by atoms with Crippen molar-refractivity contribution >= 4 is 5.91 Å². The Balaban J connectivity index is 2.17. The molecule has 0 radical (unpaired) electrons. The zero-order chi connectivity index (χ0) is 12.7. The molecule has 1 amide bonds. The van der Waals surface area contributed by atoms with Crippen LogP contribution in [-0.4, -0.2) is 31.7 Å². The maximum absolute atomic E-state index is 11.7. The first-order valence-electron chi connectivity index (χ1n) is 6.70. The largest absolute Gasteiger partial charge is 0.376 e. The molecule has 3 N–H and O–H groups in total.